The fourth-order valence-electron chi connectivity index (χ4n) is 1.35. The molecule has 0 bridgehead atoms. The summed E-state index contributed by atoms with van der Waals surface area (Å²) < 4.78 is 14.5. The quantitative estimate of drug-likeness (QED) is 0.843. The second-order valence-corrected chi connectivity index (χ2v) is 5.11. The lowest BCUT2D eigenvalue weighted by Crippen LogP contribution is -2.00. The van der Waals surface area contributed by atoms with Crippen LogP contribution in [-0.2, 0) is 0 Å². The molecule has 0 fully saturated rings. The van der Waals surface area contributed by atoms with Crippen molar-refractivity contribution in [3.8, 4) is 11.4 Å². The van der Waals surface area contributed by atoms with Crippen molar-refractivity contribution < 1.29 is 4.39 Å². The zero-order chi connectivity index (χ0) is 12.6. The molecule has 3 nitrogen and oxygen atoms in total. The van der Waals surface area contributed by atoms with Gasteiger partial charge in [-0.05, 0) is 57.0 Å². The second kappa shape index (κ2) is 4.70. The van der Waals surface area contributed by atoms with E-state index in [0.29, 0.717) is 26.2 Å². The number of rotatable bonds is 1. The molecule has 17 heavy (non-hydrogen) atoms. The standard InChI is InChI=1S/C11H8Br2FN3/c1-5-9(13)10(15)17-11(16-5)6-2-3-7(12)8(14)4-6/h2-4H,1H3,(H2,15,16,17). The first kappa shape index (κ1) is 12.4. The Bertz CT molecular complexity index is 564. The fourth-order valence-corrected chi connectivity index (χ4v) is 1.77. The fraction of sp³-hybridized carbons (Fsp3) is 0.0909. The van der Waals surface area contributed by atoms with Crippen molar-refractivity contribution in [2.75, 3.05) is 5.73 Å². The van der Waals surface area contributed by atoms with Crippen molar-refractivity contribution in [2.24, 2.45) is 0 Å². The molecular weight excluding hydrogens is 353 g/mol. The lowest BCUT2D eigenvalue weighted by atomic mass is 10.2. The van der Waals surface area contributed by atoms with Gasteiger partial charge in [-0.15, -0.1) is 0 Å². The van der Waals surface area contributed by atoms with Gasteiger partial charge in [0, 0.05) is 5.56 Å². The van der Waals surface area contributed by atoms with Crippen LogP contribution in [0.25, 0.3) is 11.4 Å². The smallest absolute Gasteiger partial charge is 0.161 e. The Balaban J connectivity index is 2.57. The summed E-state index contributed by atoms with van der Waals surface area (Å²) in [5.41, 5.74) is 7.03. The molecule has 0 amide bonds. The molecule has 1 aromatic heterocycles. The Labute approximate surface area is 115 Å². The number of nitrogens with two attached hydrogens (primary N) is 1. The summed E-state index contributed by atoms with van der Waals surface area (Å²) in [5, 5.41) is 0. The highest BCUT2D eigenvalue weighted by molar-refractivity contribution is 9.11. The maximum absolute atomic E-state index is 13.4. The average Bonchev–Trinajstić information content (AvgIpc) is 2.29. The third-order valence-corrected chi connectivity index (χ3v) is 3.84. The Morgan fingerprint density at radius 2 is 1.94 bits per heavy atom. The number of hydrogen-bond donors (Lipinski definition) is 1. The van der Waals surface area contributed by atoms with Gasteiger partial charge in [-0.3, -0.25) is 0 Å². The Hall–Kier alpha value is -1.01. The van der Waals surface area contributed by atoms with Gasteiger partial charge in [-0.25, -0.2) is 14.4 Å². The van der Waals surface area contributed by atoms with Crippen LogP contribution >= 0.6 is 31.9 Å². The van der Waals surface area contributed by atoms with Gasteiger partial charge in [0.1, 0.15) is 11.6 Å². The van der Waals surface area contributed by atoms with Crippen LogP contribution in [0.1, 0.15) is 5.69 Å². The molecule has 0 atom stereocenters. The second-order valence-electron chi connectivity index (χ2n) is 3.46. The third-order valence-electron chi connectivity index (χ3n) is 2.22. The first-order valence-electron chi connectivity index (χ1n) is 4.74. The van der Waals surface area contributed by atoms with E-state index in [9.17, 15) is 4.39 Å². The van der Waals surface area contributed by atoms with Crippen molar-refractivity contribution in [3.63, 3.8) is 0 Å². The number of hydrogen-bond acceptors (Lipinski definition) is 3. The van der Waals surface area contributed by atoms with Crippen molar-refractivity contribution in [1.29, 1.82) is 0 Å². The van der Waals surface area contributed by atoms with Crippen LogP contribution in [-0.4, -0.2) is 9.97 Å². The van der Waals surface area contributed by atoms with E-state index in [0.717, 1.165) is 5.69 Å². The van der Waals surface area contributed by atoms with E-state index in [4.69, 9.17) is 5.73 Å². The minimum Gasteiger partial charge on any atom is -0.383 e. The highest BCUT2D eigenvalue weighted by Gasteiger charge is 2.10. The highest BCUT2D eigenvalue weighted by atomic mass is 79.9. The molecule has 2 aromatic rings. The molecule has 0 aliphatic rings. The number of aromatic nitrogens is 2. The number of nitrogens with zero attached hydrogens (tertiary/aromatic N) is 2. The van der Waals surface area contributed by atoms with Crippen LogP contribution in [0.3, 0.4) is 0 Å². The average molecular weight is 361 g/mol. The molecule has 1 aromatic carbocycles. The topological polar surface area (TPSA) is 51.8 Å². The molecule has 1 heterocycles. The summed E-state index contributed by atoms with van der Waals surface area (Å²) in [6.07, 6.45) is 0. The van der Waals surface area contributed by atoms with Crippen LogP contribution in [0.15, 0.2) is 27.1 Å². The number of aryl methyl sites for hydroxylation is 1. The number of nitrogen functional groups attached to an aromatic ring is 1. The van der Waals surface area contributed by atoms with Gasteiger partial charge < -0.3 is 5.73 Å². The third kappa shape index (κ3) is 2.47. The zero-order valence-electron chi connectivity index (χ0n) is 8.84. The monoisotopic (exact) mass is 359 g/mol. The van der Waals surface area contributed by atoms with Crippen LogP contribution in [0.5, 0.6) is 0 Å². The SMILES string of the molecule is Cc1nc(-c2ccc(Br)c(F)c2)nc(N)c1Br. The van der Waals surface area contributed by atoms with E-state index in [2.05, 4.69) is 41.8 Å². The van der Waals surface area contributed by atoms with Gasteiger partial charge in [0.05, 0.1) is 14.6 Å². The van der Waals surface area contributed by atoms with Gasteiger partial charge in [0.15, 0.2) is 5.82 Å². The van der Waals surface area contributed by atoms with E-state index in [1.165, 1.54) is 6.07 Å². The molecule has 88 valence electrons. The van der Waals surface area contributed by atoms with Crippen molar-refractivity contribution in [1.82, 2.24) is 9.97 Å². The predicted molar refractivity (Wildman–Crippen MR) is 72.0 cm³/mol. The summed E-state index contributed by atoms with van der Waals surface area (Å²) >= 11 is 6.37. The summed E-state index contributed by atoms with van der Waals surface area (Å²) in [4.78, 5) is 8.37. The normalized spacial score (nSPS) is 10.6. The van der Waals surface area contributed by atoms with Gasteiger partial charge in [0.25, 0.3) is 0 Å². The predicted octanol–water partition coefficient (Wildman–Crippen LogP) is 3.70. The van der Waals surface area contributed by atoms with Crippen LogP contribution < -0.4 is 5.73 Å². The molecule has 2 N–H and O–H groups in total. The van der Waals surface area contributed by atoms with E-state index in [-0.39, 0.29) is 5.82 Å². The lowest BCUT2D eigenvalue weighted by molar-refractivity contribution is 0.621. The number of benzene rings is 1. The summed E-state index contributed by atoms with van der Waals surface area (Å²) in [5.74, 6) is 0.399. The zero-order valence-corrected chi connectivity index (χ0v) is 12.0. The largest absolute Gasteiger partial charge is 0.383 e. The lowest BCUT2D eigenvalue weighted by Gasteiger charge is -2.06. The van der Waals surface area contributed by atoms with E-state index in [1.807, 2.05) is 0 Å². The molecule has 0 unspecified atom stereocenters. The molecule has 0 saturated carbocycles. The molecule has 0 spiro atoms. The Morgan fingerprint density at radius 1 is 1.24 bits per heavy atom. The molecule has 2 rings (SSSR count). The molecule has 6 heteroatoms. The van der Waals surface area contributed by atoms with E-state index < -0.39 is 0 Å². The molecule has 0 saturated heterocycles. The van der Waals surface area contributed by atoms with Crippen LogP contribution in [0.4, 0.5) is 10.2 Å². The van der Waals surface area contributed by atoms with E-state index in [1.54, 1.807) is 19.1 Å². The van der Waals surface area contributed by atoms with Gasteiger partial charge >= 0.3 is 0 Å². The van der Waals surface area contributed by atoms with Gasteiger partial charge in [-0.2, -0.15) is 0 Å². The van der Waals surface area contributed by atoms with Crippen molar-refractivity contribution in [3.05, 3.63) is 38.7 Å². The Kier molecular flexibility index (Phi) is 3.44. The molecule has 0 aliphatic carbocycles. The molecule has 0 aliphatic heterocycles. The maximum atomic E-state index is 13.4. The van der Waals surface area contributed by atoms with Crippen molar-refractivity contribution in [2.45, 2.75) is 6.92 Å². The van der Waals surface area contributed by atoms with Crippen molar-refractivity contribution >= 4 is 37.7 Å². The summed E-state index contributed by atoms with van der Waals surface area (Å²) in [7, 11) is 0. The number of halogens is 3. The van der Waals surface area contributed by atoms with Gasteiger partial charge in [0.2, 0.25) is 0 Å². The van der Waals surface area contributed by atoms with E-state index >= 15 is 0 Å². The number of anilines is 1. The molecule has 0 radical (unpaired) electrons. The Morgan fingerprint density at radius 3 is 2.53 bits per heavy atom. The first-order chi connectivity index (χ1) is 7.99. The van der Waals surface area contributed by atoms with Crippen LogP contribution in [0, 0.1) is 12.7 Å². The maximum Gasteiger partial charge on any atom is 0.161 e. The summed E-state index contributed by atoms with van der Waals surface area (Å²) in [6, 6.07) is 4.71. The minimum absolute atomic E-state index is 0.343. The minimum atomic E-state index is -0.356. The highest BCUT2D eigenvalue weighted by Crippen LogP contribution is 2.26. The summed E-state index contributed by atoms with van der Waals surface area (Å²) in [6.45, 7) is 1.81. The van der Waals surface area contributed by atoms with Gasteiger partial charge in [-0.1, -0.05) is 0 Å². The molecular formula is C11H8Br2FN3. The van der Waals surface area contributed by atoms with Crippen LogP contribution in [0.2, 0.25) is 0 Å². The first-order valence-corrected chi connectivity index (χ1v) is 6.32.